The van der Waals surface area contributed by atoms with Crippen LogP contribution in [0.2, 0.25) is 0 Å². The number of benzene rings is 3. The van der Waals surface area contributed by atoms with Crippen molar-refractivity contribution in [3.8, 4) is 18.2 Å². The highest BCUT2D eigenvalue weighted by Crippen LogP contribution is 2.45. The molecule has 0 spiro atoms. The summed E-state index contributed by atoms with van der Waals surface area (Å²) in [6, 6.07) is 14.9. The van der Waals surface area contributed by atoms with Gasteiger partial charge in [-0.3, -0.25) is 0 Å². The topological polar surface area (TPSA) is 206 Å². The molecule has 3 aromatic rings. The number of nitriles is 3. The van der Waals surface area contributed by atoms with Gasteiger partial charge in [-0.25, -0.2) is 27.6 Å². The summed E-state index contributed by atoms with van der Waals surface area (Å²) >= 11 is 0. The van der Waals surface area contributed by atoms with E-state index in [-0.39, 0.29) is 11.4 Å². The van der Waals surface area contributed by atoms with Crippen molar-refractivity contribution in [1.29, 1.82) is 15.8 Å². The van der Waals surface area contributed by atoms with Crippen molar-refractivity contribution < 1.29 is 25.8 Å². The van der Waals surface area contributed by atoms with Crippen LogP contribution in [0.15, 0.2) is 64.5 Å². The molecule has 0 aliphatic heterocycles. The molecule has 0 radical (unpaired) electrons. The van der Waals surface area contributed by atoms with Gasteiger partial charge in [0.25, 0.3) is 0 Å². The van der Waals surface area contributed by atoms with E-state index in [0.29, 0.717) is 45.9 Å². The van der Waals surface area contributed by atoms with Crippen molar-refractivity contribution in [3.05, 3.63) is 69.8 Å². The Bertz CT molecular complexity index is 2720. The Balaban J connectivity index is 0.000000321. The van der Waals surface area contributed by atoms with Crippen LogP contribution in [0.5, 0.6) is 0 Å². The third kappa shape index (κ3) is 18.4. The van der Waals surface area contributed by atoms with Crippen LogP contribution in [0, 0.1) is 40.9 Å². The fraction of sp³-hybridized carbons (Fsp3) is 0.415. The fourth-order valence-electron chi connectivity index (χ4n) is 5.08. The van der Waals surface area contributed by atoms with Crippen LogP contribution in [-0.2, 0) is 35.4 Å². The molecule has 1 aliphatic carbocycles. The second-order valence-electron chi connectivity index (χ2n) is 15.5. The van der Waals surface area contributed by atoms with Gasteiger partial charge in [0.2, 0.25) is 0 Å². The van der Waals surface area contributed by atoms with E-state index in [1.807, 2.05) is 46.1 Å². The maximum absolute atomic E-state index is 13.1. The van der Waals surface area contributed by atoms with Crippen LogP contribution in [-0.4, -0.2) is 126 Å². The molecule has 0 heterocycles. The van der Waals surface area contributed by atoms with E-state index in [2.05, 4.69) is 40.2 Å². The van der Waals surface area contributed by atoms with E-state index in [0.717, 1.165) is 24.0 Å². The Labute approximate surface area is 364 Å². The number of aliphatic imine (C=N–C) groups is 3. The lowest BCUT2D eigenvalue weighted by Gasteiger charge is -2.12. The third-order valence-corrected chi connectivity index (χ3v) is 9.40. The predicted octanol–water partition coefficient (Wildman–Crippen LogP) is 8.62. The molecule has 4 rings (SSSR count). The second-order valence-corrected chi connectivity index (χ2v) is 23.2. The van der Waals surface area contributed by atoms with Gasteiger partial charge in [0, 0.05) is 109 Å². The molecule has 21 heteroatoms. The summed E-state index contributed by atoms with van der Waals surface area (Å²) in [5.74, 6) is 0.410. The van der Waals surface area contributed by atoms with Gasteiger partial charge in [-0.2, -0.15) is 42.0 Å². The summed E-state index contributed by atoms with van der Waals surface area (Å²) < 4.78 is 86.8. The summed E-state index contributed by atoms with van der Waals surface area (Å²) in [5.41, 5.74) is 3.18. The summed E-state index contributed by atoms with van der Waals surface area (Å²) in [6.45, 7) is 1.82. The molecule has 0 amide bonds. The van der Waals surface area contributed by atoms with Crippen LogP contribution in [0.1, 0.15) is 52.1 Å². The monoisotopic (exact) mass is 914 g/mol. The Kier molecular flexibility index (Phi) is 18.4. The van der Waals surface area contributed by atoms with Gasteiger partial charge >= 0.3 is 6.18 Å². The van der Waals surface area contributed by atoms with Crippen molar-refractivity contribution in [2.24, 2.45) is 28.1 Å². The van der Waals surface area contributed by atoms with E-state index in [1.165, 1.54) is 35.9 Å². The van der Waals surface area contributed by atoms with Gasteiger partial charge in [-0.15, -0.1) is 0 Å². The molecule has 0 saturated heterocycles. The largest absolute Gasteiger partial charge is 0.417 e. The molecule has 334 valence electrons. The smallest absolute Gasteiger partial charge is 0.369 e. The lowest BCUT2D eigenvalue weighted by atomic mass is 10.0. The lowest BCUT2D eigenvalue weighted by Crippen LogP contribution is -2.09. The molecule has 0 N–H and O–H groups in total. The summed E-state index contributed by atoms with van der Waals surface area (Å²) in [6.07, 6.45) is 11.0. The molecule has 0 bridgehead atoms. The quantitative estimate of drug-likeness (QED) is 0.141. The number of nitrogens with zero attached hydrogens (tertiary/aromatic N) is 12. The van der Waals surface area contributed by atoms with Crippen molar-refractivity contribution >= 4 is 82.3 Å². The zero-order valence-electron chi connectivity index (χ0n) is 37.1. The second kappa shape index (κ2) is 21.8. The molecule has 62 heavy (non-hydrogen) atoms. The molecule has 0 unspecified atom stereocenters. The molecule has 1 fully saturated rings. The summed E-state index contributed by atoms with van der Waals surface area (Å²) in [7, 11) is 3.60. The van der Waals surface area contributed by atoms with Gasteiger partial charge in [0.05, 0.1) is 75.4 Å². The highest BCUT2D eigenvalue weighted by atomic mass is 32.2. The van der Waals surface area contributed by atoms with Crippen molar-refractivity contribution in [1.82, 2.24) is 14.7 Å². The first kappa shape index (κ1) is 52.3. The summed E-state index contributed by atoms with van der Waals surface area (Å²) in [5, 5.41) is 27.6. The molecule has 0 aromatic heterocycles. The molecular formula is C41H53F3N12O3S3. The van der Waals surface area contributed by atoms with E-state index in [4.69, 9.17) is 10.5 Å². The minimum absolute atomic E-state index is 0.132. The molecular weight excluding hydrogens is 862 g/mol. The van der Waals surface area contributed by atoms with Crippen LogP contribution >= 0.6 is 0 Å². The first-order valence-electron chi connectivity index (χ1n) is 18.4. The number of aryl methyl sites for hydroxylation is 1. The van der Waals surface area contributed by atoms with E-state index < -0.39 is 46.5 Å². The van der Waals surface area contributed by atoms with Gasteiger partial charge in [0.15, 0.2) is 0 Å². The average Bonchev–Trinajstić information content (AvgIpc) is 3.95. The molecule has 1 aliphatic rings. The highest BCUT2D eigenvalue weighted by molar-refractivity contribution is 7.92. The Morgan fingerprint density at radius 2 is 0.919 bits per heavy atom. The number of halogens is 3. The SMILES string of the molecule is CN(C)C=Nc1cc(N=S(C)(C)=O)cc(C(F)(F)F)c1C#N.CN(C)C=Nc1cc(N=S(C)(C)=O)cc(C2CC2)c1C#N.Cc1cc(N=S(C)(C)=O)cc(N=CN(C)C)c1C#N. The third-order valence-electron chi connectivity index (χ3n) is 7.45. The Morgan fingerprint density at radius 3 is 1.24 bits per heavy atom. The van der Waals surface area contributed by atoms with Crippen LogP contribution in [0.25, 0.3) is 0 Å². The van der Waals surface area contributed by atoms with Gasteiger partial charge in [-0.1, -0.05) is 0 Å². The lowest BCUT2D eigenvalue weighted by molar-refractivity contribution is -0.137. The maximum atomic E-state index is 13.1. The standard InChI is InChI=1S/C15H20N4OS.C13H15F3N4OS.C13H18N4OS/c1-19(2)10-17-15-8-12(18-21(3,4)20)7-13(11-5-6-11)14(15)9-16;1-20(2)8-18-12-6-9(19-22(3,4)21)5-11(10(12)7-17)13(14,15)16;1-10-6-11(16-19(4,5)18)7-13(12(10)8-14)15-9-17(2)3/h7-8,10-11H,5-6H2,1-4H3;5-6,8H,1-4H3;6-7,9H,1-5H3. The molecule has 0 atom stereocenters. The Morgan fingerprint density at radius 1 is 0.581 bits per heavy atom. The van der Waals surface area contributed by atoms with Gasteiger partial charge in [-0.05, 0) is 73.2 Å². The first-order chi connectivity index (χ1) is 28.5. The van der Waals surface area contributed by atoms with Gasteiger partial charge < -0.3 is 14.7 Å². The minimum Gasteiger partial charge on any atom is -0.369 e. The Hall–Kier alpha value is -5.82. The number of hydrogen-bond acceptors (Lipinski definition) is 12. The minimum atomic E-state index is -4.73. The number of rotatable bonds is 10. The average molecular weight is 915 g/mol. The zero-order valence-corrected chi connectivity index (χ0v) is 39.6. The summed E-state index contributed by atoms with van der Waals surface area (Å²) in [4.78, 5) is 17.6. The maximum Gasteiger partial charge on any atom is 0.417 e. The molecule has 3 aromatic carbocycles. The predicted molar refractivity (Wildman–Crippen MR) is 247 cm³/mol. The van der Waals surface area contributed by atoms with Crippen molar-refractivity contribution in [3.63, 3.8) is 0 Å². The number of hydrogen-bond donors (Lipinski definition) is 0. The first-order valence-corrected chi connectivity index (χ1v) is 25.4. The van der Waals surface area contributed by atoms with Gasteiger partial charge in [0.1, 0.15) is 18.2 Å². The van der Waals surface area contributed by atoms with Crippen LogP contribution in [0.4, 0.5) is 47.3 Å². The van der Waals surface area contributed by atoms with Crippen molar-refractivity contribution in [2.45, 2.75) is 31.9 Å². The van der Waals surface area contributed by atoms with E-state index in [1.54, 1.807) is 74.9 Å². The van der Waals surface area contributed by atoms with E-state index in [9.17, 15) is 31.1 Å². The normalized spacial score (nSPS) is 12.9. The molecule has 1 saturated carbocycles. The van der Waals surface area contributed by atoms with Crippen LogP contribution < -0.4 is 0 Å². The number of alkyl halides is 3. The molecule has 15 nitrogen and oxygen atoms in total. The fourth-order valence-corrected chi connectivity index (χ4v) is 6.92. The van der Waals surface area contributed by atoms with Crippen LogP contribution in [0.3, 0.4) is 0 Å². The highest BCUT2D eigenvalue weighted by Gasteiger charge is 2.35. The zero-order chi connectivity index (χ0) is 47.4. The van der Waals surface area contributed by atoms with E-state index >= 15 is 0 Å². The van der Waals surface area contributed by atoms with Crippen molar-refractivity contribution in [2.75, 3.05) is 79.8 Å².